The monoisotopic (exact) mass is 257 g/mol. The predicted molar refractivity (Wildman–Crippen MR) is 73.9 cm³/mol. The van der Waals surface area contributed by atoms with Gasteiger partial charge in [0.25, 0.3) is 0 Å². The van der Waals surface area contributed by atoms with Crippen LogP contribution in [-0.2, 0) is 4.79 Å². The molecule has 17 heavy (non-hydrogen) atoms. The molecule has 1 aliphatic rings. The molecule has 0 unspecified atom stereocenters. The Hall–Kier alpha value is -0.680. The number of thiocarbonyl (C=S) groups is 1. The van der Waals surface area contributed by atoms with E-state index in [1.54, 1.807) is 4.90 Å². The van der Waals surface area contributed by atoms with Crippen molar-refractivity contribution in [3.8, 4) is 0 Å². The number of carbonyl (C=O) groups is 1. The van der Waals surface area contributed by atoms with E-state index in [1.807, 2.05) is 14.0 Å². The van der Waals surface area contributed by atoms with Crippen LogP contribution in [0, 0.1) is 5.41 Å². The molecule has 5 heteroatoms. The third-order valence-corrected chi connectivity index (χ3v) is 4.31. The number of nitrogens with zero attached hydrogens (tertiary/aromatic N) is 2. The minimum atomic E-state index is -0.0223. The van der Waals surface area contributed by atoms with Gasteiger partial charge in [-0.05, 0) is 32.9 Å². The molecule has 98 valence electrons. The fourth-order valence-corrected chi connectivity index (χ4v) is 2.14. The third kappa shape index (κ3) is 3.64. The molecule has 1 rings (SSSR count). The molecule has 0 aromatic heterocycles. The third-order valence-electron chi connectivity index (χ3n) is 3.81. The van der Waals surface area contributed by atoms with Gasteiger partial charge in [-0.1, -0.05) is 19.1 Å². The lowest BCUT2D eigenvalue weighted by Crippen LogP contribution is -2.47. The van der Waals surface area contributed by atoms with Crippen molar-refractivity contribution >= 4 is 23.1 Å². The van der Waals surface area contributed by atoms with E-state index in [1.165, 1.54) is 0 Å². The van der Waals surface area contributed by atoms with Gasteiger partial charge in [-0.25, -0.2) is 0 Å². The van der Waals surface area contributed by atoms with E-state index in [4.69, 9.17) is 18.0 Å². The Balaban J connectivity index is 2.43. The summed E-state index contributed by atoms with van der Waals surface area (Å²) in [6.07, 6.45) is 1.90. The maximum Gasteiger partial charge on any atom is 0.236 e. The van der Waals surface area contributed by atoms with Gasteiger partial charge >= 0.3 is 0 Å². The van der Waals surface area contributed by atoms with Gasteiger partial charge in [0.1, 0.15) is 0 Å². The van der Waals surface area contributed by atoms with Crippen molar-refractivity contribution in [2.75, 3.05) is 33.2 Å². The normalized spacial score (nSPS) is 19.9. The molecule has 0 radical (unpaired) electrons. The summed E-state index contributed by atoms with van der Waals surface area (Å²) in [7, 11) is 1.84. The standard InChI is InChI=1S/C12H23N3OS/c1-4-14(3)10(16)9-15-7-5-12(2,6-8-15)11(13)17/h4-9H2,1-3H3,(H2,13,17). The SMILES string of the molecule is CCN(C)C(=O)CN1CCC(C)(C(N)=S)CC1. The summed E-state index contributed by atoms with van der Waals surface area (Å²) in [6, 6.07) is 0. The average Bonchev–Trinajstić information content (AvgIpc) is 2.31. The molecule has 4 nitrogen and oxygen atoms in total. The van der Waals surface area contributed by atoms with Crippen molar-refractivity contribution in [1.29, 1.82) is 0 Å². The van der Waals surface area contributed by atoms with Crippen LogP contribution in [0.15, 0.2) is 0 Å². The summed E-state index contributed by atoms with van der Waals surface area (Å²) >= 11 is 5.10. The summed E-state index contributed by atoms with van der Waals surface area (Å²) in [5, 5.41) is 0. The molecule has 0 atom stereocenters. The Labute approximate surface area is 109 Å². The van der Waals surface area contributed by atoms with Crippen molar-refractivity contribution in [2.24, 2.45) is 11.1 Å². The molecule has 0 aromatic carbocycles. The summed E-state index contributed by atoms with van der Waals surface area (Å²) in [5.41, 5.74) is 5.73. The number of amides is 1. The van der Waals surface area contributed by atoms with Gasteiger partial charge in [-0.15, -0.1) is 0 Å². The zero-order valence-corrected chi connectivity index (χ0v) is 11.8. The Bertz CT molecular complexity index is 298. The lowest BCUT2D eigenvalue weighted by molar-refractivity contribution is -0.131. The van der Waals surface area contributed by atoms with Gasteiger partial charge in [-0.3, -0.25) is 9.69 Å². The van der Waals surface area contributed by atoms with E-state index in [9.17, 15) is 4.79 Å². The van der Waals surface area contributed by atoms with Crippen molar-refractivity contribution in [3.05, 3.63) is 0 Å². The van der Waals surface area contributed by atoms with Gasteiger partial charge in [0.15, 0.2) is 0 Å². The summed E-state index contributed by atoms with van der Waals surface area (Å²) in [5.74, 6) is 0.187. The lowest BCUT2D eigenvalue weighted by atomic mass is 9.80. The first-order chi connectivity index (χ1) is 7.89. The average molecular weight is 257 g/mol. The maximum absolute atomic E-state index is 11.8. The topological polar surface area (TPSA) is 49.6 Å². The Morgan fingerprint density at radius 1 is 1.47 bits per heavy atom. The molecule has 1 heterocycles. The zero-order valence-electron chi connectivity index (χ0n) is 11.0. The molecule has 0 bridgehead atoms. The number of nitrogens with two attached hydrogens (primary N) is 1. The number of carbonyl (C=O) groups excluding carboxylic acids is 1. The Morgan fingerprint density at radius 3 is 2.41 bits per heavy atom. The van der Waals surface area contributed by atoms with Gasteiger partial charge in [0.05, 0.1) is 11.5 Å². The number of likely N-dealkylation sites (tertiary alicyclic amines) is 1. The summed E-state index contributed by atoms with van der Waals surface area (Å²) in [6.45, 7) is 7.17. The fourth-order valence-electron chi connectivity index (χ4n) is 1.94. The number of likely N-dealkylation sites (N-methyl/N-ethyl adjacent to an activating group) is 1. The van der Waals surface area contributed by atoms with Crippen LogP contribution < -0.4 is 5.73 Å². The van der Waals surface area contributed by atoms with Gasteiger partial charge in [0.2, 0.25) is 5.91 Å². The molecule has 0 aromatic rings. The van der Waals surface area contributed by atoms with E-state index < -0.39 is 0 Å². The molecule has 0 aliphatic carbocycles. The Kier molecular flexibility index (Phi) is 4.89. The van der Waals surface area contributed by atoms with Gasteiger partial charge in [-0.2, -0.15) is 0 Å². The molecule has 1 aliphatic heterocycles. The highest BCUT2D eigenvalue weighted by atomic mass is 32.1. The number of piperidine rings is 1. The van der Waals surface area contributed by atoms with Gasteiger partial charge in [0, 0.05) is 19.0 Å². The van der Waals surface area contributed by atoms with Crippen molar-refractivity contribution in [3.63, 3.8) is 0 Å². The van der Waals surface area contributed by atoms with Crippen LogP contribution in [0.25, 0.3) is 0 Å². The number of hydrogen-bond acceptors (Lipinski definition) is 3. The molecule has 0 spiro atoms. The van der Waals surface area contributed by atoms with Crippen molar-refractivity contribution in [1.82, 2.24) is 9.80 Å². The minimum Gasteiger partial charge on any atom is -0.393 e. The molecular formula is C12H23N3OS. The number of rotatable bonds is 4. The van der Waals surface area contributed by atoms with E-state index in [0.717, 1.165) is 32.5 Å². The first-order valence-electron chi connectivity index (χ1n) is 6.15. The second-order valence-electron chi connectivity index (χ2n) is 5.11. The van der Waals surface area contributed by atoms with Crippen molar-refractivity contribution in [2.45, 2.75) is 26.7 Å². The van der Waals surface area contributed by atoms with Crippen LogP contribution in [0.2, 0.25) is 0 Å². The highest BCUT2D eigenvalue weighted by Crippen LogP contribution is 2.30. The summed E-state index contributed by atoms with van der Waals surface area (Å²) in [4.78, 5) is 16.3. The second-order valence-corrected chi connectivity index (χ2v) is 5.55. The molecule has 1 fully saturated rings. The smallest absolute Gasteiger partial charge is 0.236 e. The van der Waals surface area contributed by atoms with Crippen LogP contribution >= 0.6 is 12.2 Å². The van der Waals surface area contributed by atoms with Crippen LogP contribution in [0.1, 0.15) is 26.7 Å². The molecular weight excluding hydrogens is 234 g/mol. The largest absolute Gasteiger partial charge is 0.393 e. The van der Waals surface area contributed by atoms with Crippen LogP contribution in [-0.4, -0.2) is 53.9 Å². The van der Waals surface area contributed by atoms with Crippen LogP contribution in [0.5, 0.6) is 0 Å². The minimum absolute atomic E-state index is 0.0223. The molecule has 1 saturated heterocycles. The van der Waals surface area contributed by atoms with Crippen LogP contribution in [0.3, 0.4) is 0 Å². The van der Waals surface area contributed by atoms with Crippen molar-refractivity contribution < 1.29 is 4.79 Å². The predicted octanol–water partition coefficient (Wildman–Crippen LogP) is 0.853. The van der Waals surface area contributed by atoms with Crippen LogP contribution in [0.4, 0.5) is 0 Å². The van der Waals surface area contributed by atoms with E-state index in [-0.39, 0.29) is 11.3 Å². The first kappa shape index (κ1) is 14.4. The first-order valence-corrected chi connectivity index (χ1v) is 6.56. The Morgan fingerprint density at radius 2 is 2.00 bits per heavy atom. The maximum atomic E-state index is 11.8. The molecule has 1 amide bonds. The van der Waals surface area contributed by atoms with E-state index in [0.29, 0.717) is 11.5 Å². The lowest BCUT2D eigenvalue weighted by Gasteiger charge is -2.38. The zero-order chi connectivity index (χ0) is 13.1. The highest BCUT2D eigenvalue weighted by Gasteiger charge is 2.33. The highest BCUT2D eigenvalue weighted by molar-refractivity contribution is 7.80. The van der Waals surface area contributed by atoms with E-state index >= 15 is 0 Å². The van der Waals surface area contributed by atoms with Gasteiger partial charge < -0.3 is 10.6 Å². The second kappa shape index (κ2) is 5.78. The quantitative estimate of drug-likeness (QED) is 0.759. The molecule has 2 N–H and O–H groups in total. The fraction of sp³-hybridized carbons (Fsp3) is 0.833. The molecule has 0 saturated carbocycles. The number of hydrogen-bond donors (Lipinski definition) is 1. The van der Waals surface area contributed by atoms with E-state index in [2.05, 4.69) is 11.8 Å². The summed E-state index contributed by atoms with van der Waals surface area (Å²) < 4.78 is 0.